The minimum absolute atomic E-state index is 0.114. The largest absolute Gasteiger partial charge is 0.469 e. The van der Waals surface area contributed by atoms with Gasteiger partial charge in [0.05, 0.1) is 24.7 Å². The lowest BCUT2D eigenvalue weighted by atomic mass is 9.81. The van der Waals surface area contributed by atoms with E-state index in [1.54, 1.807) is 12.5 Å². The molecule has 21 heavy (non-hydrogen) atoms. The zero-order chi connectivity index (χ0) is 15.1. The number of hydrogen-bond acceptors (Lipinski definition) is 3. The van der Waals surface area contributed by atoms with Gasteiger partial charge in [-0.15, -0.1) is 0 Å². The number of ether oxygens (including phenoxy) is 1. The topological polar surface area (TPSA) is 35.5 Å². The number of furan rings is 2. The second-order valence-corrected chi connectivity index (χ2v) is 7.09. The highest BCUT2D eigenvalue weighted by Gasteiger charge is 2.46. The Morgan fingerprint density at radius 2 is 1.24 bits per heavy atom. The molecule has 2 aromatic rings. The minimum atomic E-state index is -0.114. The minimum Gasteiger partial charge on any atom is -0.469 e. The summed E-state index contributed by atoms with van der Waals surface area (Å²) >= 11 is 0. The molecule has 2 aromatic heterocycles. The standard InChI is InChI=1S/C18H24O3/c1-17(2,13-7-5-11-19-13)15-9-10-16(21-15)18(3,4)14-8-6-12-20-14/h5-8,11-12,15-16H,9-10H2,1-4H3. The van der Waals surface area contributed by atoms with Crippen LogP contribution in [0.3, 0.4) is 0 Å². The lowest BCUT2D eigenvalue weighted by molar-refractivity contribution is -0.0329. The normalized spacial score (nSPS) is 23.6. The maximum atomic E-state index is 6.42. The maximum absolute atomic E-state index is 6.42. The second-order valence-electron chi connectivity index (χ2n) is 7.09. The Morgan fingerprint density at radius 1 is 0.810 bits per heavy atom. The first-order valence-corrected chi connectivity index (χ1v) is 7.66. The highest BCUT2D eigenvalue weighted by molar-refractivity contribution is 5.18. The van der Waals surface area contributed by atoms with Crippen LogP contribution >= 0.6 is 0 Å². The third kappa shape index (κ3) is 2.44. The lowest BCUT2D eigenvalue weighted by Crippen LogP contribution is -2.38. The van der Waals surface area contributed by atoms with E-state index in [2.05, 4.69) is 27.7 Å². The van der Waals surface area contributed by atoms with Gasteiger partial charge in [0, 0.05) is 10.8 Å². The fraction of sp³-hybridized carbons (Fsp3) is 0.556. The second kappa shape index (κ2) is 5.06. The average molecular weight is 288 g/mol. The van der Waals surface area contributed by atoms with Crippen LogP contribution in [-0.4, -0.2) is 12.2 Å². The van der Waals surface area contributed by atoms with Gasteiger partial charge in [-0.3, -0.25) is 0 Å². The van der Waals surface area contributed by atoms with Gasteiger partial charge in [-0.05, 0) is 37.1 Å². The Labute approximate surface area is 126 Å². The van der Waals surface area contributed by atoms with Crippen LogP contribution in [-0.2, 0) is 15.6 Å². The van der Waals surface area contributed by atoms with Crippen molar-refractivity contribution in [3.63, 3.8) is 0 Å². The molecule has 0 bridgehead atoms. The first-order valence-electron chi connectivity index (χ1n) is 7.66. The molecule has 1 fully saturated rings. The summed E-state index contributed by atoms with van der Waals surface area (Å²) in [6.45, 7) is 8.77. The Balaban J connectivity index is 1.77. The average Bonchev–Trinajstić information content (AvgIpc) is 3.19. The van der Waals surface area contributed by atoms with E-state index in [9.17, 15) is 0 Å². The van der Waals surface area contributed by atoms with Crippen LogP contribution in [0.25, 0.3) is 0 Å². The maximum Gasteiger partial charge on any atom is 0.111 e. The van der Waals surface area contributed by atoms with Gasteiger partial charge in [-0.2, -0.15) is 0 Å². The van der Waals surface area contributed by atoms with Crippen molar-refractivity contribution in [2.24, 2.45) is 0 Å². The molecule has 3 rings (SSSR count). The van der Waals surface area contributed by atoms with Crippen LogP contribution in [0.2, 0.25) is 0 Å². The molecule has 0 radical (unpaired) electrons. The first-order chi connectivity index (χ1) is 9.92. The molecular formula is C18H24O3. The summed E-state index contributed by atoms with van der Waals surface area (Å²) in [5, 5.41) is 0. The molecule has 3 nitrogen and oxygen atoms in total. The zero-order valence-electron chi connectivity index (χ0n) is 13.3. The van der Waals surface area contributed by atoms with Crippen molar-refractivity contribution in [3.05, 3.63) is 48.3 Å². The van der Waals surface area contributed by atoms with Gasteiger partial charge in [0.15, 0.2) is 0 Å². The summed E-state index contributed by atoms with van der Waals surface area (Å²) in [5.74, 6) is 1.98. The van der Waals surface area contributed by atoms with Gasteiger partial charge < -0.3 is 13.6 Å². The summed E-state index contributed by atoms with van der Waals surface area (Å²) in [5.41, 5.74) is -0.227. The van der Waals surface area contributed by atoms with Crippen molar-refractivity contribution >= 4 is 0 Å². The highest BCUT2D eigenvalue weighted by Crippen LogP contribution is 2.43. The third-order valence-electron chi connectivity index (χ3n) is 4.94. The lowest BCUT2D eigenvalue weighted by Gasteiger charge is -2.33. The predicted molar refractivity (Wildman–Crippen MR) is 81.4 cm³/mol. The summed E-state index contributed by atoms with van der Waals surface area (Å²) in [6.07, 6.45) is 5.89. The quantitative estimate of drug-likeness (QED) is 0.819. The van der Waals surface area contributed by atoms with E-state index in [0.717, 1.165) is 24.4 Å². The smallest absolute Gasteiger partial charge is 0.111 e. The molecule has 2 unspecified atom stereocenters. The van der Waals surface area contributed by atoms with Crippen molar-refractivity contribution in [1.29, 1.82) is 0 Å². The fourth-order valence-electron chi connectivity index (χ4n) is 3.31. The molecular weight excluding hydrogens is 264 g/mol. The highest BCUT2D eigenvalue weighted by atomic mass is 16.5. The SMILES string of the molecule is CC(C)(c1ccco1)C1CCC(C(C)(C)c2ccco2)O1. The van der Waals surface area contributed by atoms with Crippen LogP contribution < -0.4 is 0 Å². The summed E-state index contributed by atoms with van der Waals surface area (Å²) < 4.78 is 17.6. The van der Waals surface area contributed by atoms with E-state index in [1.807, 2.05) is 24.3 Å². The van der Waals surface area contributed by atoms with E-state index in [1.165, 1.54) is 0 Å². The molecule has 1 aliphatic rings. The molecule has 0 spiro atoms. The molecule has 0 amide bonds. The monoisotopic (exact) mass is 288 g/mol. The molecule has 0 aliphatic carbocycles. The molecule has 114 valence electrons. The Hall–Kier alpha value is -1.48. The molecule has 0 N–H and O–H groups in total. The van der Waals surface area contributed by atoms with E-state index >= 15 is 0 Å². The number of hydrogen-bond donors (Lipinski definition) is 0. The fourth-order valence-corrected chi connectivity index (χ4v) is 3.31. The predicted octanol–water partition coefficient (Wildman–Crippen LogP) is 4.68. The van der Waals surface area contributed by atoms with Crippen LogP contribution in [0.5, 0.6) is 0 Å². The molecule has 0 saturated carbocycles. The first kappa shape index (κ1) is 14.5. The van der Waals surface area contributed by atoms with Gasteiger partial charge in [0.2, 0.25) is 0 Å². The molecule has 2 atom stereocenters. The molecule has 3 heterocycles. The van der Waals surface area contributed by atoms with E-state index < -0.39 is 0 Å². The van der Waals surface area contributed by atoms with Crippen molar-refractivity contribution in [2.75, 3.05) is 0 Å². The Morgan fingerprint density at radius 3 is 1.57 bits per heavy atom. The van der Waals surface area contributed by atoms with Crippen molar-refractivity contribution in [2.45, 2.75) is 63.6 Å². The third-order valence-corrected chi connectivity index (χ3v) is 4.94. The van der Waals surface area contributed by atoms with Crippen molar-refractivity contribution < 1.29 is 13.6 Å². The van der Waals surface area contributed by atoms with Gasteiger partial charge in [-0.1, -0.05) is 27.7 Å². The van der Waals surface area contributed by atoms with Gasteiger partial charge >= 0.3 is 0 Å². The van der Waals surface area contributed by atoms with Crippen LogP contribution in [0.1, 0.15) is 52.1 Å². The van der Waals surface area contributed by atoms with Crippen LogP contribution in [0.15, 0.2) is 45.6 Å². The zero-order valence-corrected chi connectivity index (χ0v) is 13.3. The van der Waals surface area contributed by atoms with Crippen LogP contribution in [0.4, 0.5) is 0 Å². The van der Waals surface area contributed by atoms with Crippen molar-refractivity contribution in [3.8, 4) is 0 Å². The Kier molecular flexibility index (Phi) is 3.48. The van der Waals surface area contributed by atoms with Gasteiger partial charge in [0.25, 0.3) is 0 Å². The summed E-state index contributed by atoms with van der Waals surface area (Å²) in [4.78, 5) is 0. The van der Waals surface area contributed by atoms with E-state index in [0.29, 0.717) is 0 Å². The van der Waals surface area contributed by atoms with Crippen LogP contribution in [0, 0.1) is 0 Å². The molecule has 3 heteroatoms. The van der Waals surface area contributed by atoms with E-state index in [4.69, 9.17) is 13.6 Å². The summed E-state index contributed by atoms with van der Waals surface area (Å²) in [6, 6.07) is 7.95. The number of rotatable bonds is 4. The van der Waals surface area contributed by atoms with Gasteiger partial charge in [-0.25, -0.2) is 0 Å². The van der Waals surface area contributed by atoms with Crippen molar-refractivity contribution in [1.82, 2.24) is 0 Å². The molecule has 1 saturated heterocycles. The summed E-state index contributed by atoms with van der Waals surface area (Å²) in [7, 11) is 0. The molecule has 0 aromatic carbocycles. The Bertz CT molecular complexity index is 511. The van der Waals surface area contributed by atoms with E-state index in [-0.39, 0.29) is 23.0 Å². The van der Waals surface area contributed by atoms with Gasteiger partial charge in [0.1, 0.15) is 11.5 Å². The molecule has 1 aliphatic heterocycles.